The normalized spacial score (nSPS) is 12.8. The maximum atomic E-state index is 15.8. The van der Waals surface area contributed by atoms with Crippen molar-refractivity contribution in [3.05, 3.63) is 75.8 Å². The maximum Gasteiger partial charge on any atom is 0.256 e. The number of aromatic nitrogens is 1. The van der Waals surface area contributed by atoms with Crippen LogP contribution in [0.5, 0.6) is 17.2 Å². The third-order valence-electron chi connectivity index (χ3n) is 8.32. The van der Waals surface area contributed by atoms with E-state index < -0.39 is 17.2 Å². The monoisotopic (exact) mass is 613 g/mol. The van der Waals surface area contributed by atoms with Gasteiger partial charge in [-0.15, -0.1) is 0 Å². The highest BCUT2D eigenvalue weighted by atomic mass is 19.1. The SMILES string of the molecule is CN(C)CCCCNC(=O)c1cn2c3c(c(NCCCCN(C)C)c(F)cc3c1=O)Oc1cc3c(cc1-2)-c1ccccc1CO3. The second-order valence-corrected chi connectivity index (χ2v) is 12.3. The van der Waals surface area contributed by atoms with Gasteiger partial charge in [-0.25, -0.2) is 4.39 Å². The number of amides is 1. The molecule has 0 radical (unpaired) electrons. The number of rotatable bonds is 12. The van der Waals surface area contributed by atoms with E-state index in [-0.39, 0.29) is 22.4 Å². The highest BCUT2D eigenvalue weighted by Crippen LogP contribution is 2.49. The van der Waals surface area contributed by atoms with Crippen molar-refractivity contribution in [2.24, 2.45) is 0 Å². The Bertz CT molecular complexity index is 1820. The number of nitrogens with one attached hydrogen (secondary N) is 2. The first-order valence-corrected chi connectivity index (χ1v) is 15.5. The number of ether oxygens (including phenoxy) is 2. The second kappa shape index (κ2) is 12.9. The topological polar surface area (TPSA) is 88.1 Å². The molecular formula is C35H40FN5O4. The molecule has 6 rings (SSSR count). The number of unbranched alkanes of at least 4 members (excludes halogenated alkanes) is 2. The molecule has 1 amide bonds. The Labute approximate surface area is 262 Å². The van der Waals surface area contributed by atoms with Crippen LogP contribution in [0.2, 0.25) is 0 Å². The first-order valence-electron chi connectivity index (χ1n) is 15.5. The fourth-order valence-electron chi connectivity index (χ4n) is 5.98. The van der Waals surface area contributed by atoms with E-state index in [2.05, 4.69) is 20.4 Å². The van der Waals surface area contributed by atoms with Gasteiger partial charge in [-0.3, -0.25) is 9.59 Å². The van der Waals surface area contributed by atoms with E-state index in [0.717, 1.165) is 55.5 Å². The molecule has 236 valence electrons. The molecule has 1 aromatic heterocycles. The molecule has 0 bridgehead atoms. The van der Waals surface area contributed by atoms with Crippen molar-refractivity contribution in [1.82, 2.24) is 19.7 Å². The highest BCUT2D eigenvalue weighted by Gasteiger charge is 2.30. The van der Waals surface area contributed by atoms with E-state index in [9.17, 15) is 9.59 Å². The minimum Gasteiger partial charge on any atom is -0.488 e. The van der Waals surface area contributed by atoms with Crippen molar-refractivity contribution in [3.63, 3.8) is 0 Å². The van der Waals surface area contributed by atoms with Crippen LogP contribution >= 0.6 is 0 Å². The number of benzene rings is 3. The Kier molecular flexibility index (Phi) is 8.78. The van der Waals surface area contributed by atoms with E-state index in [1.165, 1.54) is 6.07 Å². The van der Waals surface area contributed by atoms with Crippen molar-refractivity contribution in [2.45, 2.75) is 32.3 Å². The molecule has 4 aromatic rings. The van der Waals surface area contributed by atoms with Crippen LogP contribution in [-0.2, 0) is 6.61 Å². The fraction of sp³-hybridized carbons (Fsp3) is 0.371. The van der Waals surface area contributed by atoms with Crippen LogP contribution in [-0.4, -0.2) is 74.6 Å². The summed E-state index contributed by atoms with van der Waals surface area (Å²) >= 11 is 0. The second-order valence-electron chi connectivity index (χ2n) is 12.3. The van der Waals surface area contributed by atoms with Crippen LogP contribution in [0.1, 0.15) is 41.6 Å². The largest absolute Gasteiger partial charge is 0.488 e. The van der Waals surface area contributed by atoms with Gasteiger partial charge in [-0.1, -0.05) is 24.3 Å². The predicted octanol–water partition coefficient (Wildman–Crippen LogP) is 5.62. The van der Waals surface area contributed by atoms with Crippen LogP contribution in [0.25, 0.3) is 27.7 Å². The Morgan fingerprint density at radius 2 is 1.67 bits per heavy atom. The molecule has 9 nitrogen and oxygen atoms in total. The average Bonchev–Trinajstić information content (AvgIpc) is 3.01. The van der Waals surface area contributed by atoms with Crippen molar-refractivity contribution in [2.75, 3.05) is 59.7 Å². The number of nitrogens with zero attached hydrogens (tertiary/aromatic N) is 3. The van der Waals surface area contributed by atoms with E-state index in [0.29, 0.717) is 42.4 Å². The number of halogens is 1. The van der Waals surface area contributed by atoms with Gasteiger partial charge in [0.2, 0.25) is 5.43 Å². The zero-order chi connectivity index (χ0) is 31.7. The summed E-state index contributed by atoms with van der Waals surface area (Å²) in [5.74, 6) is 0.219. The van der Waals surface area contributed by atoms with Crippen molar-refractivity contribution in [3.8, 4) is 34.1 Å². The molecule has 0 spiro atoms. The summed E-state index contributed by atoms with van der Waals surface area (Å²) in [5.41, 5.74) is 3.63. The third kappa shape index (κ3) is 6.12. The molecule has 0 fully saturated rings. The van der Waals surface area contributed by atoms with Crippen LogP contribution in [0.4, 0.5) is 10.1 Å². The van der Waals surface area contributed by atoms with Crippen molar-refractivity contribution in [1.29, 1.82) is 0 Å². The number of hydrogen-bond donors (Lipinski definition) is 2. The van der Waals surface area contributed by atoms with Gasteiger partial charge in [0, 0.05) is 30.9 Å². The molecule has 2 N–H and O–H groups in total. The van der Waals surface area contributed by atoms with Crippen LogP contribution in [0.15, 0.2) is 53.5 Å². The summed E-state index contributed by atoms with van der Waals surface area (Å²) in [7, 11) is 8.05. The van der Waals surface area contributed by atoms with E-state index in [1.807, 2.05) is 64.6 Å². The molecule has 0 unspecified atom stereocenters. The lowest BCUT2D eigenvalue weighted by molar-refractivity contribution is 0.0951. The number of hydrogen-bond acceptors (Lipinski definition) is 7. The minimum absolute atomic E-state index is 0.0490. The molecular weight excluding hydrogens is 573 g/mol. The first kappa shape index (κ1) is 30.6. The van der Waals surface area contributed by atoms with Crippen molar-refractivity contribution < 1.29 is 18.7 Å². The predicted molar refractivity (Wildman–Crippen MR) is 176 cm³/mol. The summed E-state index contributed by atoms with van der Waals surface area (Å²) in [6.07, 6.45) is 5.01. The summed E-state index contributed by atoms with van der Waals surface area (Å²) in [5, 5.41) is 6.20. The standard InChI is InChI=1S/C35H40FN5O4/c1-39(2)15-9-7-13-37-31-27(36)17-25-32-34(31)45-30-19-29-24(23-12-6-5-11-22(23)21-44-29)18-28(30)41(32)20-26(33(25)42)35(43)38-14-8-10-16-40(3)4/h5-6,11-12,17-20,37H,7-10,13-16,21H2,1-4H3,(H,38,43). The Morgan fingerprint density at radius 3 is 2.42 bits per heavy atom. The average molecular weight is 614 g/mol. The molecule has 0 aliphatic carbocycles. The Morgan fingerprint density at radius 1 is 0.933 bits per heavy atom. The Balaban J connectivity index is 1.44. The summed E-state index contributed by atoms with van der Waals surface area (Å²) in [6, 6.07) is 13.0. The summed E-state index contributed by atoms with van der Waals surface area (Å²) in [6.45, 7) is 3.21. The van der Waals surface area contributed by atoms with Crippen LogP contribution in [0, 0.1) is 5.82 Å². The van der Waals surface area contributed by atoms with Crippen molar-refractivity contribution >= 4 is 22.5 Å². The van der Waals surface area contributed by atoms with E-state index >= 15 is 4.39 Å². The molecule has 2 aliphatic rings. The zero-order valence-electron chi connectivity index (χ0n) is 26.3. The van der Waals surface area contributed by atoms with Gasteiger partial charge in [0.05, 0.1) is 11.1 Å². The van der Waals surface area contributed by atoms with Gasteiger partial charge in [0.1, 0.15) is 29.1 Å². The van der Waals surface area contributed by atoms with Gasteiger partial charge < -0.3 is 34.5 Å². The fourth-order valence-corrected chi connectivity index (χ4v) is 5.98. The quantitative estimate of drug-likeness (QED) is 0.177. The molecule has 3 aromatic carbocycles. The number of fused-ring (bicyclic) bond motifs is 5. The zero-order valence-corrected chi connectivity index (χ0v) is 26.3. The molecule has 3 heterocycles. The lowest BCUT2D eigenvalue weighted by atomic mass is 9.95. The van der Waals surface area contributed by atoms with Gasteiger partial charge in [-0.05, 0) is 90.2 Å². The van der Waals surface area contributed by atoms with E-state index in [4.69, 9.17) is 9.47 Å². The number of carbonyl (C=O) groups excluding carboxylic acids is 1. The molecule has 0 saturated heterocycles. The lowest BCUT2D eigenvalue weighted by Crippen LogP contribution is -2.31. The van der Waals surface area contributed by atoms with Crippen LogP contribution in [0.3, 0.4) is 0 Å². The number of anilines is 1. The molecule has 0 atom stereocenters. The summed E-state index contributed by atoms with van der Waals surface area (Å²) < 4.78 is 30.1. The van der Waals surface area contributed by atoms with Crippen LogP contribution < -0.4 is 25.5 Å². The first-order chi connectivity index (χ1) is 21.7. The molecule has 2 aliphatic heterocycles. The van der Waals surface area contributed by atoms with Gasteiger partial charge >= 0.3 is 0 Å². The van der Waals surface area contributed by atoms with Gasteiger partial charge in [0.25, 0.3) is 5.91 Å². The smallest absolute Gasteiger partial charge is 0.256 e. The van der Waals surface area contributed by atoms with Gasteiger partial charge in [0.15, 0.2) is 17.3 Å². The maximum absolute atomic E-state index is 15.8. The third-order valence-corrected chi connectivity index (χ3v) is 8.32. The van der Waals surface area contributed by atoms with E-state index in [1.54, 1.807) is 10.8 Å². The van der Waals surface area contributed by atoms with Gasteiger partial charge in [-0.2, -0.15) is 0 Å². The molecule has 0 saturated carbocycles. The highest BCUT2D eigenvalue weighted by molar-refractivity contribution is 6.01. The molecule has 45 heavy (non-hydrogen) atoms. The number of pyridine rings is 1. The molecule has 10 heteroatoms. The lowest BCUT2D eigenvalue weighted by Gasteiger charge is -2.29. The number of carbonyl (C=O) groups is 1. The minimum atomic E-state index is -0.610. The summed E-state index contributed by atoms with van der Waals surface area (Å²) in [4.78, 5) is 31.4. The Hall–Kier alpha value is -4.41.